The highest BCUT2D eigenvalue weighted by molar-refractivity contribution is 5.91. The molecule has 1 aliphatic rings. The van der Waals surface area contributed by atoms with Crippen molar-refractivity contribution in [2.24, 2.45) is 5.92 Å². The van der Waals surface area contributed by atoms with Crippen molar-refractivity contribution >= 4 is 11.8 Å². The molecule has 0 saturated carbocycles. The van der Waals surface area contributed by atoms with Crippen LogP contribution in [0.25, 0.3) is 0 Å². The minimum atomic E-state index is -0.101. The summed E-state index contributed by atoms with van der Waals surface area (Å²) in [6.07, 6.45) is 34.5. The average molecular weight is 533 g/mol. The fourth-order valence-corrected chi connectivity index (χ4v) is 4.43. The first kappa shape index (κ1) is 31.9. The number of aromatic nitrogens is 2. The van der Waals surface area contributed by atoms with Gasteiger partial charge in [-0.1, -0.05) is 67.7 Å². The van der Waals surface area contributed by atoms with Crippen LogP contribution in [0.3, 0.4) is 0 Å². The van der Waals surface area contributed by atoms with Crippen LogP contribution in [-0.2, 0) is 4.79 Å². The van der Waals surface area contributed by atoms with Gasteiger partial charge in [0.15, 0.2) is 0 Å². The molecule has 0 aromatic carbocycles. The Morgan fingerprint density at radius 3 is 1.97 bits per heavy atom. The van der Waals surface area contributed by atoms with Gasteiger partial charge in [-0.15, -0.1) is 0 Å². The van der Waals surface area contributed by atoms with Gasteiger partial charge in [-0.05, 0) is 70.6 Å². The van der Waals surface area contributed by atoms with Crippen LogP contribution in [0.2, 0.25) is 0 Å². The molecule has 1 aliphatic heterocycles. The molecule has 2 heterocycles. The number of carbonyl (C=O) groups is 2. The van der Waals surface area contributed by atoms with Crippen LogP contribution >= 0.6 is 0 Å². The number of unbranched alkanes of at least 4 members (excludes halogenated alkanes) is 1. The molecule has 1 aromatic heterocycles. The molecule has 212 valence electrons. The number of piperidine rings is 1. The molecular weight excluding hydrogens is 484 g/mol. The minimum absolute atomic E-state index is 0.101. The molecule has 0 spiro atoms. The van der Waals surface area contributed by atoms with E-state index in [1.54, 1.807) is 11.1 Å². The van der Waals surface area contributed by atoms with E-state index in [0.717, 1.165) is 76.6 Å². The van der Waals surface area contributed by atoms with Crippen LogP contribution in [0.15, 0.2) is 73.2 Å². The predicted molar refractivity (Wildman–Crippen MR) is 161 cm³/mol. The molecule has 0 atom stereocenters. The van der Waals surface area contributed by atoms with Crippen LogP contribution in [0.5, 0.6) is 0 Å². The third-order valence-electron chi connectivity index (χ3n) is 6.77. The van der Waals surface area contributed by atoms with Crippen LogP contribution in [-0.4, -0.2) is 58.3 Å². The van der Waals surface area contributed by atoms with E-state index in [9.17, 15) is 9.59 Å². The molecule has 39 heavy (non-hydrogen) atoms. The van der Waals surface area contributed by atoms with E-state index in [2.05, 4.69) is 77.7 Å². The fraction of sp³-hybridized carbons (Fsp3) is 0.515. The molecule has 0 radical (unpaired) electrons. The lowest BCUT2D eigenvalue weighted by atomic mass is 9.96. The molecule has 0 N–H and O–H groups in total. The van der Waals surface area contributed by atoms with Crippen molar-refractivity contribution in [3.8, 4) is 0 Å². The van der Waals surface area contributed by atoms with E-state index in [4.69, 9.17) is 0 Å². The normalized spacial score (nSPS) is 15.1. The van der Waals surface area contributed by atoms with E-state index in [1.807, 2.05) is 18.9 Å². The zero-order chi connectivity index (χ0) is 28.1. The maximum absolute atomic E-state index is 12.6. The smallest absolute Gasteiger partial charge is 0.273 e. The van der Waals surface area contributed by atoms with E-state index < -0.39 is 0 Å². The van der Waals surface area contributed by atoms with Crippen LogP contribution in [0.4, 0.5) is 0 Å². The standard InChI is InChI=1S/C33H48N4O2/c1-4-5-6-7-8-9-10-11-12-13-14-15-16-17-18-19-20-21-32(38)37-24-22-30(23-25-37)28-36(3)33(39)31-27-34-29(2)26-35-31/h5-6,8-9,11-12,14-15,17-18,26-27,30H,4,7,10,13,16,19-25,28H2,1-3H3/b6-5-,9-8?,12-11?,15-14-,18-17-. The lowest BCUT2D eigenvalue weighted by molar-refractivity contribution is -0.132. The van der Waals surface area contributed by atoms with Gasteiger partial charge in [0.05, 0.1) is 11.9 Å². The summed E-state index contributed by atoms with van der Waals surface area (Å²) < 4.78 is 0. The Balaban J connectivity index is 1.51. The number of amides is 2. The van der Waals surface area contributed by atoms with Gasteiger partial charge >= 0.3 is 0 Å². The monoisotopic (exact) mass is 532 g/mol. The molecule has 1 fully saturated rings. The number of nitrogens with zero attached hydrogens (tertiary/aromatic N) is 4. The zero-order valence-electron chi connectivity index (χ0n) is 24.3. The molecule has 1 aromatic rings. The summed E-state index contributed by atoms with van der Waals surface area (Å²) in [5.74, 6) is 0.555. The van der Waals surface area contributed by atoms with Crippen molar-refractivity contribution in [2.45, 2.75) is 78.1 Å². The number of hydrogen-bond acceptors (Lipinski definition) is 4. The van der Waals surface area contributed by atoms with Gasteiger partial charge in [0.25, 0.3) is 5.91 Å². The van der Waals surface area contributed by atoms with Crippen molar-refractivity contribution in [2.75, 3.05) is 26.7 Å². The van der Waals surface area contributed by atoms with E-state index in [0.29, 0.717) is 24.6 Å². The van der Waals surface area contributed by atoms with Crippen LogP contribution in [0, 0.1) is 12.8 Å². The van der Waals surface area contributed by atoms with Gasteiger partial charge < -0.3 is 9.80 Å². The SMILES string of the molecule is CC/C=C\CC=CCC=CC/C=C\C/C=C\CCCC(=O)N1CCC(CN(C)C(=O)c2cnc(C)cn2)CC1. The Morgan fingerprint density at radius 1 is 0.872 bits per heavy atom. The molecule has 1 saturated heterocycles. The Morgan fingerprint density at radius 2 is 1.44 bits per heavy atom. The first-order valence-corrected chi connectivity index (χ1v) is 14.6. The van der Waals surface area contributed by atoms with E-state index in [-0.39, 0.29) is 11.8 Å². The second-order valence-electron chi connectivity index (χ2n) is 10.2. The van der Waals surface area contributed by atoms with Gasteiger partial charge in [0, 0.05) is 39.3 Å². The molecule has 0 unspecified atom stereocenters. The van der Waals surface area contributed by atoms with Crippen molar-refractivity contribution in [3.05, 3.63) is 84.5 Å². The highest BCUT2D eigenvalue weighted by atomic mass is 16.2. The quantitative estimate of drug-likeness (QED) is 0.170. The lowest BCUT2D eigenvalue weighted by Crippen LogP contribution is -2.42. The van der Waals surface area contributed by atoms with Gasteiger partial charge in [0.2, 0.25) is 5.91 Å². The molecule has 0 aliphatic carbocycles. The second-order valence-corrected chi connectivity index (χ2v) is 10.2. The Bertz CT molecular complexity index is 983. The maximum Gasteiger partial charge on any atom is 0.273 e. The Hall–Kier alpha value is -3.28. The van der Waals surface area contributed by atoms with Crippen LogP contribution < -0.4 is 0 Å². The zero-order valence-corrected chi connectivity index (χ0v) is 24.3. The van der Waals surface area contributed by atoms with Gasteiger partial charge in [0.1, 0.15) is 5.69 Å². The highest BCUT2D eigenvalue weighted by Crippen LogP contribution is 2.20. The number of rotatable bonds is 16. The molecule has 0 bridgehead atoms. The molecule has 2 rings (SSSR count). The first-order valence-electron chi connectivity index (χ1n) is 14.6. The Kier molecular flexibility index (Phi) is 16.2. The number of likely N-dealkylation sites (tertiary alicyclic amines) is 1. The Labute approximate surface area is 236 Å². The number of aryl methyl sites for hydroxylation is 1. The summed E-state index contributed by atoms with van der Waals surface area (Å²) in [6.45, 7) is 6.24. The molecular formula is C33H48N4O2. The molecule has 6 heteroatoms. The van der Waals surface area contributed by atoms with Crippen molar-refractivity contribution in [1.29, 1.82) is 0 Å². The summed E-state index contributed by atoms with van der Waals surface area (Å²) in [7, 11) is 1.82. The number of hydrogen-bond donors (Lipinski definition) is 0. The maximum atomic E-state index is 12.6. The van der Waals surface area contributed by atoms with Crippen molar-refractivity contribution in [1.82, 2.24) is 19.8 Å². The third kappa shape index (κ3) is 13.9. The predicted octanol–water partition coefficient (Wildman–Crippen LogP) is 7.02. The minimum Gasteiger partial charge on any atom is -0.343 e. The summed E-state index contributed by atoms with van der Waals surface area (Å²) >= 11 is 0. The fourth-order valence-electron chi connectivity index (χ4n) is 4.43. The first-order chi connectivity index (χ1) is 19.0. The summed E-state index contributed by atoms with van der Waals surface area (Å²) in [4.78, 5) is 37.3. The largest absolute Gasteiger partial charge is 0.343 e. The average Bonchev–Trinajstić information content (AvgIpc) is 2.95. The van der Waals surface area contributed by atoms with E-state index in [1.165, 1.54) is 6.20 Å². The van der Waals surface area contributed by atoms with Crippen molar-refractivity contribution in [3.63, 3.8) is 0 Å². The van der Waals surface area contributed by atoms with Gasteiger partial charge in [-0.3, -0.25) is 14.6 Å². The van der Waals surface area contributed by atoms with E-state index >= 15 is 0 Å². The lowest BCUT2D eigenvalue weighted by Gasteiger charge is -2.34. The number of allylic oxidation sites excluding steroid dienone is 10. The summed E-state index contributed by atoms with van der Waals surface area (Å²) in [5.41, 5.74) is 1.17. The highest BCUT2D eigenvalue weighted by Gasteiger charge is 2.25. The van der Waals surface area contributed by atoms with Crippen LogP contribution in [0.1, 0.15) is 87.3 Å². The number of carbonyl (C=O) groups excluding carboxylic acids is 2. The summed E-state index contributed by atoms with van der Waals surface area (Å²) in [6, 6.07) is 0. The summed E-state index contributed by atoms with van der Waals surface area (Å²) in [5, 5.41) is 0. The molecule has 6 nitrogen and oxygen atoms in total. The third-order valence-corrected chi connectivity index (χ3v) is 6.77. The molecule has 2 amide bonds. The van der Waals surface area contributed by atoms with Gasteiger partial charge in [-0.2, -0.15) is 0 Å². The van der Waals surface area contributed by atoms with Gasteiger partial charge in [-0.25, -0.2) is 4.98 Å². The second kappa shape index (κ2) is 19.7. The topological polar surface area (TPSA) is 66.4 Å². The van der Waals surface area contributed by atoms with Crippen molar-refractivity contribution < 1.29 is 9.59 Å².